The van der Waals surface area contributed by atoms with Gasteiger partial charge in [0.25, 0.3) is 0 Å². The lowest BCUT2D eigenvalue weighted by atomic mass is 9.97. The van der Waals surface area contributed by atoms with Crippen LogP contribution in [0.4, 0.5) is 13.2 Å². The van der Waals surface area contributed by atoms with E-state index in [-0.39, 0.29) is 11.9 Å². The minimum atomic E-state index is -5.08. The van der Waals surface area contributed by atoms with Gasteiger partial charge in [0.1, 0.15) is 11.8 Å². The molecule has 7 nitrogen and oxygen atoms in total. The number of carbonyl (C=O) groups is 2. The smallest absolute Gasteiger partial charge is 0.490 e. The van der Waals surface area contributed by atoms with Crippen LogP contribution in [0.5, 0.6) is 5.75 Å². The summed E-state index contributed by atoms with van der Waals surface area (Å²) in [4.78, 5) is 27.0. The maximum atomic E-state index is 13.6. The minimum absolute atomic E-state index is 0.0211. The van der Waals surface area contributed by atoms with E-state index in [4.69, 9.17) is 37.8 Å². The molecular formula is C30H32Cl2F3N3O4. The molecule has 3 aromatic carbocycles. The number of nitrogens with one attached hydrogen (secondary N) is 1. The summed E-state index contributed by atoms with van der Waals surface area (Å²) in [6.07, 6.45) is -4.30. The summed E-state index contributed by atoms with van der Waals surface area (Å²) < 4.78 is 37.0. The number of amides is 1. The predicted molar refractivity (Wildman–Crippen MR) is 156 cm³/mol. The van der Waals surface area contributed by atoms with Crippen LogP contribution in [-0.4, -0.2) is 73.3 Å². The summed E-state index contributed by atoms with van der Waals surface area (Å²) in [6.45, 7) is 3.90. The molecule has 0 radical (unpaired) electrons. The molecule has 3 aromatic rings. The summed E-state index contributed by atoms with van der Waals surface area (Å²) >= 11 is 12.3. The Bertz CT molecular complexity index is 1330. The molecule has 1 saturated heterocycles. The molecule has 1 atom stereocenters. The summed E-state index contributed by atoms with van der Waals surface area (Å²) in [7, 11) is 3.79. The fourth-order valence-corrected chi connectivity index (χ4v) is 5.03. The number of hydrogen-bond acceptors (Lipinski definition) is 5. The van der Waals surface area contributed by atoms with Gasteiger partial charge in [0.15, 0.2) is 0 Å². The third kappa shape index (κ3) is 10.2. The lowest BCUT2D eigenvalue weighted by molar-refractivity contribution is -0.192. The standard InChI is InChI=1S/C28H31Cl2N3O2.C2HF3O2/c1-32-10-12-33(13-11-32)27(28(34)31-19-22-16-24(29)18-25(30)17-22)23-5-3-4-21(15-23)14-20-6-8-26(35-2)9-7-20;3-2(4,5)1(6)7/h3-9,15-18,27H,10-14,19H2,1-2H3,(H,31,34);(H,6,7). The Kier molecular flexibility index (Phi) is 12.0. The van der Waals surface area contributed by atoms with Gasteiger partial charge in [0.05, 0.1) is 7.11 Å². The van der Waals surface area contributed by atoms with Gasteiger partial charge in [-0.3, -0.25) is 9.69 Å². The van der Waals surface area contributed by atoms with Crippen molar-refractivity contribution in [3.63, 3.8) is 0 Å². The molecule has 1 aliphatic heterocycles. The number of methoxy groups -OCH3 is 1. The lowest BCUT2D eigenvalue weighted by Gasteiger charge is -2.37. The SMILES string of the molecule is COc1ccc(Cc2cccc(C(C(=O)NCc3cc(Cl)cc(Cl)c3)N3CCN(C)CC3)c2)cc1.O=C(O)C(F)(F)F. The topological polar surface area (TPSA) is 82.1 Å². The van der Waals surface area contributed by atoms with Gasteiger partial charge in [-0.1, -0.05) is 59.6 Å². The summed E-state index contributed by atoms with van der Waals surface area (Å²) in [5.41, 5.74) is 4.24. The first kappa shape index (κ1) is 33.2. The quantitative estimate of drug-likeness (QED) is 0.328. The number of halogens is 5. The highest BCUT2D eigenvalue weighted by atomic mass is 35.5. The highest BCUT2D eigenvalue weighted by Crippen LogP contribution is 2.26. The maximum Gasteiger partial charge on any atom is 0.490 e. The summed E-state index contributed by atoms with van der Waals surface area (Å²) in [5, 5.41) is 11.4. The maximum absolute atomic E-state index is 13.6. The van der Waals surface area contributed by atoms with Crippen molar-refractivity contribution in [2.24, 2.45) is 0 Å². The lowest BCUT2D eigenvalue weighted by Crippen LogP contribution is -2.49. The third-order valence-electron chi connectivity index (χ3n) is 6.62. The van der Waals surface area contributed by atoms with Gasteiger partial charge in [0, 0.05) is 42.8 Å². The molecule has 0 bridgehead atoms. The molecule has 0 saturated carbocycles. The van der Waals surface area contributed by atoms with Crippen molar-refractivity contribution < 1.29 is 32.6 Å². The van der Waals surface area contributed by atoms with Gasteiger partial charge < -0.3 is 20.1 Å². The van der Waals surface area contributed by atoms with Crippen LogP contribution in [0.25, 0.3) is 0 Å². The first-order chi connectivity index (χ1) is 19.8. The summed E-state index contributed by atoms with van der Waals surface area (Å²) in [5.74, 6) is -1.94. The highest BCUT2D eigenvalue weighted by molar-refractivity contribution is 6.34. The first-order valence-corrected chi connectivity index (χ1v) is 13.8. The number of carbonyl (C=O) groups excluding carboxylic acids is 1. The molecule has 1 aliphatic rings. The molecule has 226 valence electrons. The van der Waals surface area contributed by atoms with E-state index in [1.54, 1.807) is 13.2 Å². The van der Waals surface area contributed by atoms with Crippen molar-refractivity contribution in [3.05, 3.63) is 99.0 Å². The molecule has 2 N–H and O–H groups in total. The van der Waals surface area contributed by atoms with Crippen LogP contribution in [0.15, 0.2) is 66.7 Å². The molecule has 1 unspecified atom stereocenters. The normalized spacial score (nSPS) is 14.8. The van der Waals surface area contributed by atoms with Crippen LogP contribution in [0.1, 0.15) is 28.3 Å². The summed E-state index contributed by atoms with van der Waals surface area (Å²) in [6, 6.07) is 21.4. The zero-order chi connectivity index (χ0) is 30.9. The number of ether oxygens (including phenoxy) is 1. The Balaban J connectivity index is 0.000000616. The fraction of sp³-hybridized carbons (Fsp3) is 0.333. The Labute approximate surface area is 252 Å². The van der Waals surface area contributed by atoms with Gasteiger partial charge in [0.2, 0.25) is 5.91 Å². The van der Waals surface area contributed by atoms with Crippen molar-refractivity contribution in [2.75, 3.05) is 40.3 Å². The van der Waals surface area contributed by atoms with E-state index in [1.165, 1.54) is 11.1 Å². The largest absolute Gasteiger partial charge is 0.497 e. The number of hydrogen-bond donors (Lipinski definition) is 2. The van der Waals surface area contributed by atoms with Crippen molar-refractivity contribution in [1.29, 1.82) is 0 Å². The number of rotatable bonds is 8. The number of nitrogens with zero attached hydrogens (tertiary/aromatic N) is 2. The molecule has 42 heavy (non-hydrogen) atoms. The van der Waals surface area contributed by atoms with Crippen LogP contribution in [0.3, 0.4) is 0 Å². The Morgan fingerprint density at radius 1 is 0.929 bits per heavy atom. The number of carboxylic acids is 1. The Hall–Kier alpha value is -3.31. The van der Waals surface area contributed by atoms with Gasteiger partial charge in [-0.25, -0.2) is 4.79 Å². The van der Waals surface area contributed by atoms with Crippen LogP contribution < -0.4 is 10.1 Å². The average molecular weight is 627 g/mol. The number of alkyl halides is 3. The van der Waals surface area contributed by atoms with Crippen LogP contribution >= 0.6 is 23.2 Å². The molecule has 12 heteroatoms. The molecule has 4 rings (SSSR count). The van der Waals surface area contributed by atoms with Crippen LogP contribution in [0, 0.1) is 0 Å². The number of piperazine rings is 1. The van der Waals surface area contributed by atoms with Crippen molar-refractivity contribution in [3.8, 4) is 5.75 Å². The van der Waals surface area contributed by atoms with Crippen molar-refractivity contribution in [1.82, 2.24) is 15.1 Å². The second-order valence-corrected chi connectivity index (χ2v) is 10.7. The van der Waals surface area contributed by atoms with E-state index >= 15 is 0 Å². The number of benzene rings is 3. The van der Waals surface area contributed by atoms with Crippen molar-refractivity contribution in [2.45, 2.75) is 25.2 Å². The second-order valence-electron chi connectivity index (χ2n) is 9.81. The Morgan fingerprint density at radius 2 is 1.52 bits per heavy atom. The molecular weight excluding hydrogens is 594 g/mol. The van der Waals surface area contributed by atoms with E-state index < -0.39 is 12.1 Å². The number of aliphatic carboxylic acids is 1. The molecule has 1 fully saturated rings. The molecule has 1 heterocycles. The molecule has 0 aromatic heterocycles. The fourth-order valence-electron chi connectivity index (χ4n) is 4.46. The number of carboxylic acid groups (broad SMARTS) is 1. The van der Waals surface area contributed by atoms with Gasteiger partial charge in [-0.15, -0.1) is 0 Å². The second kappa shape index (κ2) is 15.2. The van der Waals surface area contributed by atoms with Crippen molar-refractivity contribution >= 4 is 35.1 Å². The predicted octanol–water partition coefficient (Wildman–Crippen LogP) is 5.83. The average Bonchev–Trinajstić information content (AvgIpc) is 2.93. The Morgan fingerprint density at radius 3 is 2.07 bits per heavy atom. The zero-order valence-corrected chi connectivity index (χ0v) is 24.6. The van der Waals surface area contributed by atoms with Crippen LogP contribution in [0.2, 0.25) is 10.0 Å². The van der Waals surface area contributed by atoms with Gasteiger partial charge in [-0.2, -0.15) is 13.2 Å². The van der Waals surface area contributed by atoms with Crippen LogP contribution in [-0.2, 0) is 22.6 Å². The monoisotopic (exact) mass is 625 g/mol. The number of likely N-dealkylation sites (N-methyl/N-ethyl adjacent to an activating group) is 1. The first-order valence-electron chi connectivity index (χ1n) is 13.0. The van der Waals surface area contributed by atoms with Gasteiger partial charge >= 0.3 is 12.1 Å². The molecule has 1 amide bonds. The van der Waals surface area contributed by atoms with E-state index in [0.717, 1.165) is 49.5 Å². The van der Waals surface area contributed by atoms with Gasteiger partial charge in [-0.05, 0) is 66.1 Å². The third-order valence-corrected chi connectivity index (χ3v) is 7.05. The zero-order valence-electron chi connectivity index (χ0n) is 23.1. The minimum Gasteiger partial charge on any atom is -0.497 e. The molecule has 0 aliphatic carbocycles. The van der Waals surface area contributed by atoms with E-state index in [0.29, 0.717) is 16.6 Å². The van der Waals surface area contributed by atoms with E-state index in [1.807, 2.05) is 30.3 Å². The molecule has 0 spiro atoms. The highest BCUT2D eigenvalue weighted by Gasteiger charge is 2.38. The van der Waals surface area contributed by atoms with E-state index in [2.05, 4.69) is 52.5 Å². The van der Waals surface area contributed by atoms with E-state index in [9.17, 15) is 18.0 Å².